The van der Waals surface area contributed by atoms with Crippen molar-refractivity contribution in [3.63, 3.8) is 0 Å². The van der Waals surface area contributed by atoms with Crippen LogP contribution >= 0.6 is 0 Å². The van der Waals surface area contributed by atoms with Crippen molar-refractivity contribution in [2.75, 3.05) is 10.6 Å². The van der Waals surface area contributed by atoms with E-state index in [2.05, 4.69) is 4.98 Å². The third-order valence-electron chi connectivity index (χ3n) is 4.56. The van der Waals surface area contributed by atoms with Gasteiger partial charge in [0, 0.05) is 23.6 Å². The largest absolute Gasteiger partial charge is 0.295 e. The highest BCUT2D eigenvalue weighted by Crippen LogP contribution is 2.32. The van der Waals surface area contributed by atoms with E-state index in [0.717, 1.165) is 17.6 Å². The molecule has 4 aromatic rings. The molecule has 29 heavy (non-hydrogen) atoms. The zero-order chi connectivity index (χ0) is 20.6. The van der Waals surface area contributed by atoms with Crippen LogP contribution in [0.15, 0.2) is 83.8 Å². The van der Waals surface area contributed by atoms with Crippen LogP contribution in [0, 0.1) is 6.92 Å². The molecule has 2 aromatic carbocycles. The van der Waals surface area contributed by atoms with Crippen molar-refractivity contribution in [3.8, 4) is 5.69 Å². The minimum atomic E-state index is -3.74. The van der Waals surface area contributed by atoms with E-state index in [1.165, 1.54) is 16.6 Å². The third kappa shape index (κ3) is 3.52. The molecule has 0 unspecified atom stereocenters. The summed E-state index contributed by atoms with van der Waals surface area (Å²) < 4.78 is 28.6. The molecule has 2 heterocycles. The van der Waals surface area contributed by atoms with E-state index in [9.17, 15) is 13.2 Å². The lowest BCUT2D eigenvalue weighted by atomic mass is 10.2. The van der Waals surface area contributed by atoms with Gasteiger partial charge in [0.1, 0.15) is 5.82 Å². The van der Waals surface area contributed by atoms with Crippen molar-refractivity contribution in [2.24, 2.45) is 0 Å². The molecule has 7 heteroatoms. The van der Waals surface area contributed by atoms with Crippen LogP contribution in [0.2, 0.25) is 0 Å². The number of sulfonamides is 1. The van der Waals surface area contributed by atoms with Crippen LogP contribution < -0.4 is 9.73 Å². The highest BCUT2D eigenvalue weighted by atomic mass is 32.2. The lowest BCUT2D eigenvalue weighted by Gasteiger charge is -2.27. The Morgan fingerprint density at radius 1 is 0.931 bits per heavy atom. The molecule has 0 saturated heterocycles. The number of hydrogen-bond acceptors (Lipinski definition) is 4. The van der Waals surface area contributed by atoms with Gasteiger partial charge >= 0.3 is 0 Å². The van der Waals surface area contributed by atoms with Crippen molar-refractivity contribution >= 4 is 32.4 Å². The first kappa shape index (κ1) is 18.9. The van der Waals surface area contributed by atoms with Gasteiger partial charge < -0.3 is 0 Å². The Labute approximate surface area is 168 Å². The molecule has 0 atom stereocenters. The number of para-hydroxylation sites is 2. The van der Waals surface area contributed by atoms with Crippen LogP contribution in [-0.4, -0.2) is 24.2 Å². The molecular weight excluding hydrogens is 386 g/mol. The fourth-order valence-corrected chi connectivity index (χ4v) is 4.34. The Kier molecular flexibility index (Phi) is 4.68. The maximum absolute atomic E-state index is 12.9. The molecule has 0 radical (unpaired) electrons. The minimum absolute atomic E-state index is 0.244. The molecule has 4 rings (SSSR count). The van der Waals surface area contributed by atoms with E-state index < -0.39 is 10.0 Å². The predicted octanol–water partition coefficient (Wildman–Crippen LogP) is 3.79. The molecular formula is C22H19N3O3S. The first-order chi connectivity index (χ1) is 13.9. The summed E-state index contributed by atoms with van der Waals surface area (Å²) in [6.45, 7) is 1.83. The number of hydrogen-bond donors (Lipinski definition) is 0. The summed E-state index contributed by atoms with van der Waals surface area (Å²) in [6, 6.07) is 21.2. The Morgan fingerprint density at radius 3 is 2.17 bits per heavy atom. The quantitative estimate of drug-likeness (QED) is 0.518. The SMILES string of the molecule is Cc1cc2c(cn1)c(=O)cc(N(c1ccccc1)S(C)(=O)=O)n2-c1ccccc1. The van der Waals surface area contributed by atoms with Crippen LogP contribution in [0.25, 0.3) is 16.6 Å². The normalized spacial score (nSPS) is 11.5. The minimum Gasteiger partial charge on any atom is -0.295 e. The van der Waals surface area contributed by atoms with Gasteiger partial charge in [-0.2, -0.15) is 0 Å². The molecule has 0 fully saturated rings. The fraction of sp³-hybridized carbons (Fsp3) is 0.0909. The molecule has 6 nitrogen and oxygen atoms in total. The molecule has 146 valence electrons. The Balaban J connectivity index is 2.18. The molecule has 0 amide bonds. The summed E-state index contributed by atoms with van der Waals surface area (Å²) in [5, 5.41) is 0.421. The van der Waals surface area contributed by atoms with Crippen molar-refractivity contribution in [1.82, 2.24) is 9.55 Å². The number of nitrogens with zero attached hydrogens (tertiary/aromatic N) is 3. The second kappa shape index (κ2) is 7.18. The van der Waals surface area contributed by atoms with E-state index in [1.54, 1.807) is 34.9 Å². The Hall–Kier alpha value is -3.45. The predicted molar refractivity (Wildman–Crippen MR) is 116 cm³/mol. The van der Waals surface area contributed by atoms with E-state index >= 15 is 0 Å². The van der Waals surface area contributed by atoms with Crippen LogP contribution in [0.5, 0.6) is 0 Å². The van der Waals surface area contributed by atoms with E-state index in [1.807, 2.05) is 43.3 Å². The maximum Gasteiger partial charge on any atom is 0.237 e. The number of aryl methyl sites for hydroxylation is 1. The summed E-state index contributed by atoms with van der Waals surface area (Å²) in [6.07, 6.45) is 2.66. The highest BCUT2D eigenvalue weighted by Gasteiger charge is 2.25. The number of rotatable bonds is 4. The topological polar surface area (TPSA) is 72.3 Å². The van der Waals surface area contributed by atoms with Crippen LogP contribution in [-0.2, 0) is 10.0 Å². The van der Waals surface area contributed by atoms with Gasteiger partial charge in [0.15, 0.2) is 5.43 Å². The first-order valence-electron chi connectivity index (χ1n) is 8.99. The van der Waals surface area contributed by atoms with Gasteiger partial charge in [-0.15, -0.1) is 0 Å². The maximum atomic E-state index is 12.9. The van der Waals surface area contributed by atoms with Crippen LogP contribution in [0.1, 0.15) is 5.69 Å². The van der Waals surface area contributed by atoms with Crippen molar-refractivity contribution in [2.45, 2.75) is 6.92 Å². The van der Waals surface area contributed by atoms with Gasteiger partial charge in [-0.25, -0.2) is 12.7 Å². The van der Waals surface area contributed by atoms with Crippen LogP contribution in [0.4, 0.5) is 11.5 Å². The van der Waals surface area contributed by atoms with Gasteiger partial charge in [0.2, 0.25) is 10.0 Å². The van der Waals surface area contributed by atoms with Gasteiger partial charge in [0.05, 0.1) is 22.8 Å². The highest BCUT2D eigenvalue weighted by molar-refractivity contribution is 7.92. The van der Waals surface area contributed by atoms with Gasteiger partial charge in [-0.1, -0.05) is 36.4 Å². The molecule has 0 aliphatic carbocycles. The lowest BCUT2D eigenvalue weighted by Crippen LogP contribution is -2.29. The summed E-state index contributed by atoms with van der Waals surface area (Å²) in [5.41, 5.74) is 2.21. The Bertz CT molecular complexity index is 1350. The number of pyridine rings is 2. The second-order valence-corrected chi connectivity index (χ2v) is 8.57. The van der Waals surface area contributed by atoms with Gasteiger partial charge in [0.25, 0.3) is 0 Å². The van der Waals surface area contributed by atoms with E-state index in [0.29, 0.717) is 16.6 Å². The molecule has 0 saturated carbocycles. The van der Waals surface area contributed by atoms with E-state index in [4.69, 9.17) is 0 Å². The standard InChI is InChI=1S/C22H19N3O3S/c1-16-13-20-19(15-23-16)21(26)14-22(24(20)17-9-5-3-6-10-17)25(29(2,27)28)18-11-7-4-8-12-18/h3-15H,1-2H3. The molecule has 0 aliphatic rings. The zero-order valence-electron chi connectivity index (χ0n) is 16.0. The molecule has 0 aliphatic heterocycles. The summed E-state index contributed by atoms with van der Waals surface area (Å²) in [4.78, 5) is 17.1. The third-order valence-corrected chi connectivity index (χ3v) is 5.62. The zero-order valence-corrected chi connectivity index (χ0v) is 16.8. The average molecular weight is 405 g/mol. The number of anilines is 2. The van der Waals surface area contributed by atoms with Crippen LogP contribution in [0.3, 0.4) is 0 Å². The molecule has 2 aromatic heterocycles. The van der Waals surface area contributed by atoms with Crippen molar-refractivity contribution < 1.29 is 8.42 Å². The first-order valence-corrected chi connectivity index (χ1v) is 10.8. The summed E-state index contributed by atoms with van der Waals surface area (Å²) in [5.74, 6) is 0.244. The number of fused-ring (bicyclic) bond motifs is 1. The average Bonchev–Trinajstić information content (AvgIpc) is 2.68. The fourth-order valence-electron chi connectivity index (χ4n) is 3.36. The molecule has 0 bridgehead atoms. The lowest BCUT2D eigenvalue weighted by molar-refractivity contribution is 0.601. The monoisotopic (exact) mass is 405 g/mol. The van der Waals surface area contributed by atoms with Gasteiger partial charge in [-0.3, -0.25) is 14.3 Å². The number of aromatic nitrogens is 2. The van der Waals surface area contributed by atoms with Gasteiger partial charge in [-0.05, 0) is 37.3 Å². The molecule has 0 N–H and O–H groups in total. The number of benzene rings is 2. The van der Waals surface area contributed by atoms with E-state index in [-0.39, 0.29) is 11.2 Å². The second-order valence-electron chi connectivity index (χ2n) is 6.74. The summed E-state index contributed by atoms with van der Waals surface area (Å²) in [7, 11) is -3.74. The van der Waals surface area contributed by atoms with Crippen molar-refractivity contribution in [3.05, 3.63) is 94.9 Å². The Morgan fingerprint density at radius 2 is 1.55 bits per heavy atom. The van der Waals surface area contributed by atoms with Crippen molar-refractivity contribution in [1.29, 1.82) is 0 Å². The molecule has 0 spiro atoms. The smallest absolute Gasteiger partial charge is 0.237 e. The summed E-state index contributed by atoms with van der Waals surface area (Å²) >= 11 is 0.